The van der Waals surface area contributed by atoms with Gasteiger partial charge in [0.25, 0.3) is 0 Å². The van der Waals surface area contributed by atoms with E-state index in [9.17, 15) is 4.79 Å². The summed E-state index contributed by atoms with van der Waals surface area (Å²) in [6.45, 7) is 1.89. The highest BCUT2D eigenvalue weighted by Crippen LogP contribution is 2.20. The normalized spacial score (nSPS) is 18.8. The summed E-state index contributed by atoms with van der Waals surface area (Å²) < 4.78 is 6.36. The van der Waals surface area contributed by atoms with E-state index in [0.717, 1.165) is 36.2 Å². The minimum Gasteiger partial charge on any atom is -0.377 e. The van der Waals surface area contributed by atoms with Crippen molar-refractivity contribution in [2.75, 3.05) is 25.0 Å². The van der Waals surface area contributed by atoms with Crippen LogP contribution in [0.4, 0.5) is 5.69 Å². The number of carbonyl (C=O) groups excluding carboxylic acids is 1. The van der Waals surface area contributed by atoms with Gasteiger partial charge in [-0.2, -0.15) is 0 Å². The van der Waals surface area contributed by atoms with E-state index in [-0.39, 0.29) is 12.0 Å². The maximum Gasteiger partial charge on any atom is 0.238 e. The molecule has 1 heterocycles. The zero-order valence-electron chi connectivity index (χ0n) is 10.1. The zero-order valence-corrected chi connectivity index (χ0v) is 11.7. The fraction of sp³-hybridized carbons (Fsp3) is 0.462. The van der Waals surface area contributed by atoms with Crippen LogP contribution in [-0.4, -0.2) is 31.7 Å². The maximum atomic E-state index is 11.7. The van der Waals surface area contributed by atoms with Crippen molar-refractivity contribution in [1.82, 2.24) is 5.32 Å². The molecular formula is C13H17BrN2O2. The average Bonchev–Trinajstić information content (AvgIpc) is 2.85. The minimum atomic E-state index is -0.0418. The lowest BCUT2D eigenvalue weighted by atomic mass is 10.2. The van der Waals surface area contributed by atoms with Gasteiger partial charge in [0.05, 0.1) is 18.3 Å². The third-order valence-electron chi connectivity index (χ3n) is 2.83. The fourth-order valence-corrected chi connectivity index (χ4v) is 2.29. The Labute approximate surface area is 115 Å². The van der Waals surface area contributed by atoms with Crippen molar-refractivity contribution in [1.29, 1.82) is 0 Å². The topological polar surface area (TPSA) is 50.4 Å². The first-order valence-corrected chi connectivity index (χ1v) is 6.91. The number of ether oxygens (including phenoxy) is 1. The summed E-state index contributed by atoms with van der Waals surface area (Å²) in [5.74, 6) is -0.0418. The summed E-state index contributed by atoms with van der Waals surface area (Å²) in [6, 6.07) is 7.56. The minimum absolute atomic E-state index is 0.0418. The largest absolute Gasteiger partial charge is 0.377 e. The van der Waals surface area contributed by atoms with Crippen LogP contribution >= 0.6 is 15.9 Å². The predicted octanol–water partition coefficient (Wildman–Crippen LogP) is 2.16. The third kappa shape index (κ3) is 4.08. The molecule has 1 unspecified atom stereocenters. The first kappa shape index (κ1) is 13.5. The van der Waals surface area contributed by atoms with Gasteiger partial charge in [0, 0.05) is 17.6 Å². The number of hydrogen-bond acceptors (Lipinski definition) is 3. The smallest absolute Gasteiger partial charge is 0.238 e. The van der Waals surface area contributed by atoms with Crippen molar-refractivity contribution in [2.45, 2.75) is 18.9 Å². The van der Waals surface area contributed by atoms with Crippen LogP contribution in [-0.2, 0) is 9.53 Å². The Bertz CT molecular complexity index is 406. The lowest BCUT2D eigenvalue weighted by Gasteiger charge is -2.11. The van der Waals surface area contributed by atoms with Crippen LogP contribution in [0.15, 0.2) is 28.7 Å². The molecule has 2 N–H and O–H groups in total. The molecule has 0 saturated carbocycles. The molecule has 1 aliphatic rings. The molecule has 2 rings (SSSR count). The number of benzene rings is 1. The highest BCUT2D eigenvalue weighted by atomic mass is 79.9. The number of halogens is 1. The Kier molecular flexibility index (Phi) is 5.16. The van der Waals surface area contributed by atoms with Crippen molar-refractivity contribution < 1.29 is 9.53 Å². The third-order valence-corrected chi connectivity index (χ3v) is 3.52. The molecule has 1 aromatic rings. The van der Waals surface area contributed by atoms with Crippen LogP contribution in [0.25, 0.3) is 0 Å². The Balaban J connectivity index is 1.70. The molecule has 98 valence electrons. The molecule has 0 aliphatic carbocycles. The van der Waals surface area contributed by atoms with Gasteiger partial charge in [0.15, 0.2) is 0 Å². The van der Waals surface area contributed by atoms with E-state index >= 15 is 0 Å². The van der Waals surface area contributed by atoms with Gasteiger partial charge in [-0.05, 0) is 40.9 Å². The van der Waals surface area contributed by atoms with Gasteiger partial charge in [-0.25, -0.2) is 0 Å². The van der Waals surface area contributed by atoms with E-state index in [1.54, 1.807) is 0 Å². The molecule has 1 amide bonds. The van der Waals surface area contributed by atoms with Crippen molar-refractivity contribution in [3.05, 3.63) is 28.7 Å². The van der Waals surface area contributed by atoms with Crippen LogP contribution in [0.1, 0.15) is 12.8 Å². The molecular weight excluding hydrogens is 296 g/mol. The fourth-order valence-electron chi connectivity index (χ4n) is 1.91. The van der Waals surface area contributed by atoms with Crippen LogP contribution in [0, 0.1) is 0 Å². The molecule has 0 bridgehead atoms. The maximum absolute atomic E-state index is 11.7. The second-order valence-corrected chi connectivity index (χ2v) is 5.15. The lowest BCUT2D eigenvalue weighted by molar-refractivity contribution is -0.115. The van der Waals surface area contributed by atoms with Gasteiger partial charge in [0.1, 0.15) is 0 Å². The summed E-state index contributed by atoms with van der Waals surface area (Å²) in [7, 11) is 0. The number of amides is 1. The molecule has 5 heteroatoms. The lowest BCUT2D eigenvalue weighted by Crippen LogP contribution is -2.33. The Hall–Kier alpha value is -0.910. The quantitative estimate of drug-likeness (QED) is 0.876. The summed E-state index contributed by atoms with van der Waals surface area (Å²) in [5, 5.41) is 5.96. The van der Waals surface area contributed by atoms with Crippen molar-refractivity contribution in [3.63, 3.8) is 0 Å². The van der Waals surface area contributed by atoms with Crippen LogP contribution < -0.4 is 10.6 Å². The number of rotatable bonds is 5. The highest BCUT2D eigenvalue weighted by molar-refractivity contribution is 9.10. The number of anilines is 1. The molecule has 1 fully saturated rings. The van der Waals surface area contributed by atoms with E-state index in [1.807, 2.05) is 24.3 Å². The number of hydrogen-bond donors (Lipinski definition) is 2. The van der Waals surface area contributed by atoms with E-state index in [2.05, 4.69) is 26.6 Å². The van der Waals surface area contributed by atoms with Gasteiger partial charge in [-0.3, -0.25) is 4.79 Å². The first-order valence-electron chi connectivity index (χ1n) is 6.12. The van der Waals surface area contributed by atoms with Crippen LogP contribution in [0.5, 0.6) is 0 Å². The average molecular weight is 313 g/mol. The highest BCUT2D eigenvalue weighted by Gasteiger charge is 2.15. The van der Waals surface area contributed by atoms with Crippen LogP contribution in [0.3, 0.4) is 0 Å². The summed E-state index contributed by atoms with van der Waals surface area (Å²) in [5.41, 5.74) is 0.793. The monoisotopic (exact) mass is 312 g/mol. The van der Waals surface area contributed by atoms with Crippen molar-refractivity contribution in [3.8, 4) is 0 Å². The summed E-state index contributed by atoms with van der Waals surface area (Å²) in [4.78, 5) is 11.7. The van der Waals surface area contributed by atoms with E-state index in [4.69, 9.17) is 4.74 Å². The van der Waals surface area contributed by atoms with E-state index in [1.165, 1.54) is 0 Å². The number of nitrogens with one attached hydrogen (secondary N) is 2. The molecule has 1 atom stereocenters. The summed E-state index contributed by atoms with van der Waals surface area (Å²) in [6.07, 6.45) is 2.47. The molecule has 18 heavy (non-hydrogen) atoms. The van der Waals surface area contributed by atoms with Gasteiger partial charge in [-0.1, -0.05) is 12.1 Å². The number of para-hydroxylation sites is 1. The molecule has 4 nitrogen and oxygen atoms in total. The van der Waals surface area contributed by atoms with E-state index < -0.39 is 0 Å². The Morgan fingerprint density at radius 1 is 1.44 bits per heavy atom. The summed E-state index contributed by atoms with van der Waals surface area (Å²) >= 11 is 3.39. The van der Waals surface area contributed by atoms with Gasteiger partial charge in [0.2, 0.25) is 5.91 Å². The SMILES string of the molecule is O=C(CNCC1CCCO1)Nc1ccccc1Br. The zero-order chi connectivity index (χ0) is 12.8. The van der Waals surface area contributed by atoms with Gasteiger partial charge in [-0.15, -0.1) is 0 Å². The predicted molar refractivity (Wildman–Crippen MR) is 74.6 cm³/mol. The van der Waals surface area contributed by atoms with E-state index in [0.29, 0.717) is 6.54 Å². The first-order chi connectivity index (χ1) is 8.75. The van der Waals surface area contributed by atoms with Crippen molar-refractivity contribution >= 4 is 27.5 Å². The second-order valence-electron chi connectivity index (χ2n) is 4.29. The van der Waals surface area contributed by atoms with Crippen molar-refractivity contribution in [2.24, 2.45) is 0 Å². The number of carbonyl (C=O) groups is 1. The molecule has 0 spiro atoms. The van der Waals surface area contributed by atoms with Gasteiger partial charge >= 0.3 is 0 Å². The molecule has 1 saturated heterocycles. The van der Waals surface area contributed by atoms with Crippen LogP contribution in [0.2, 0.25) is 0 Å². The second kappa shape index (κ2) is 6.87. The standard InChI is InChI=1S/C13H17BrN2O2/c14-11-5-1-2-6-12(11)16-13(17)9-15-8-10-4-3-7-18-10/h1-2,5-6,10,15H,3-4,7-9H2,(H,16,17). The molecule has 1 aromatic carbocycles. The molecule has 1 aliphatic heterocycles. The van der Waals surface area contributed by atoms with Gasteiger partial charge < -0.3 is 15.4 Å². The molecule has 0 radical (unpaired) electrons. The Morgan fingerprint density at radius 3 is 3.00 bits per heavy atom. The molecule has 0 aromatic heterocycles. The Morgan fingerprint density at radius 2 is 2.28 bits per heavy atom.